The number of nitrogens with one attached hydrogen (secondary N) is 2. The lowest BCUT2D eigenvalue weighted by atomic mass is 9.98. The van der Waals surface area contributed by atoms with Gasteiger partial charge in [-0.05, 0) is 50.7 Å². The Morgan fingerprint density at radius 2 is 1.80 bits per heavy atom. The summed E-state index contributed by atoms with van der Waals surface area (Å²) in [6, 6.07) is 8.68. The van der Waals surface area contributed by atoms with Gasteiger partial charge in [-0.1, -0.05) is 31.5 Å². The average Bonchev–Trinajstić information content (AvgIpc) is 2.77. The van der Waals surface area contributed by atoms with E-state index in [9.17, 15) is 8.42 Å². The van der Waals surface area contributed by atoms with Crippen LogP contribution in [-0.2, 0) is 14.8 Å². The molecule has 1 aromatic rings. The lowest BCUT2D eigenvalue weighted by Crippen LogP contribution is -2.40. The first kappa shape index (κ1) is 24.6. The van der Waals surface area contributed by atoms with Crippen LogP contribution >= 0.6 is 0 Å². The number of sulfonamides is 1. The van der Waals surface area contributed by atoms with E-state index < -0.39 is 10.0 Å². The molecule has 1 aromatic carbocycles. The number of piperidine rings is 1. The maximum absolute atomic E-state index is 12.7. The van der Waals surface area contributed by atoms with E-state index in [4.69, 9.17) is 9.73 Å². The van der Waals surface area contributed by atoms with Crippen LogP contribution in [0.5, 0.6) is 0 Å². The molecule has 0 aliphatic carbocycles. The Morgan fingerprint density at radius 3 is 2.47 bits per heavy atom. The van der Waals surface area contributed by atoms with Crippen LogP contribution in [0.3, 0.4) is 0 Å². The molecule has 1 aliphatic heterocycles. The van der Waals surface area contributed by atoms with Crippen molar-refractivity contribution >= 4 is 16.0 Å². The van der Waals surface area contributed by atoms with E-state index in [2.05, 4.69) is 24.5 Å². The summed E-state index contributed by atoms with van der Waals surface area (Å²) in [5.74, 6) is 1.23. The van der Waals surface area contributed by atoms with Gasteiger partial charge < -0.3 is 15.4 Å². The van der Waals surface area contributed by atoms with Crippen LogP contribution in [0.4, 0.5) is 0 Å². The van der Waals surface area contributed by atoms with Crippen molar-refractivity contribution in [1.82, 2.24) is 14.9 Å². The largest absolute Gasteiger partial charge is 0.381 e. The summed E-state index contributed by atoms with van der Waals surface area (Å²) in [4.78, 5) is 5.09. The van der Waals surface area contributed by atoms with Gasteiger partial charge in [0.05, 0.1) is 4.90 Å². The second-order valence-electron chi connectivity index (χ2n) is 7.63. The highest BCUT2D eigenvalue weighted by Gasteiger charge is 2.29. The third-order valence-corrected chi connectivity index (χ3v) is 7.12. The molecule has 30 heavy (non-hydrogen) atoms. The van der Waals surface area contributed by atoms with Crippen LogP contribution in [0.1, 0.15) is 46.0 Å². The van der Waals surface area contributed by atoms with Crippen LogP contribution < -0.4 is 10.6 Å². The monoisotopic (exact) mass is 438 g/mol. The summed E-state index contributed by atoms with van der Waals surface area (Å²) in [6.07, 6.45) is 4.89. The number of guanidine groups is 1. The fraction of sp³-hybridized carbons (Fsp3) is 0.682. The number of aliphatic imine (C=N–C) groups is 1. The molecule has 0 aromatic heterocycles. The maximum atomic E-state index is 12.7. The van der Waals surface area contributed by atoms with Crippen molar-refractivity contribution in [2.24, 2.45) is 10.9 Å². The minimum Gasteiger partial charge on any atom is -0.381 e. The molecule has 0 spiro atoms. The lowest BCUT2D eigenvalue weighted by Gasteiger charge is -2.30. The van der Waals surface area contributed by atoms with E-state index in [-0.39, 0.29) is 0 Å². The van der Waals surface area contributed by atoms with Crippen molar-refractivity contribution in [3.05, 3.63) is 30.3 Å². The Bertz CT molecular complexity index is 717. The van der Waals surface area contributed by atoms with Gasteiger partial charge in [-0.25, -0.2) is 8.42 Å². The molecule has 2 rings (SSSR count). The molecule has 0 amide bonds. The highest BCUT2D eigenvalue weighted by molar-refractivity contribution is 7.89. The molecule has 7 nitrogen and oxygen atoms in total. The number of benzene rings is 1. The Kier molecular flexibility index (Phi) is 11.2. The third kappa shape index (κ3) is 8.24. The number of ether oxygens (including phenoxy) is 1. The minimum absolute atomic E-state index is 0.374. The van der Waals surface area contributed by atoms with Gasteiger partial charge in [0.25, 0.3) is 0 Å². The normalized spacial score (nSPS) is 16.5. The zero-order chi connectivity index (χ0) is 21.7. The number of rotatable bonds is 12. The fourth-order valence-electron chi connectivity index (χ4n) is 3.37. The molecule has 1 heterocycles. The van der Waals surface area contributed by atoms with E-state index in [0.29, 0.717) is 30.4 Å². The van der Waals surface area contributed by atoms with Gasteiger partial charge in [0.15, 0.2) is 5.96 Å². The molecule has 170 valence electrons. The Morgan fingerprint density at radius 1 is 1.10 bits per heavy atom. The SMILES string of the molecule is CCCCOCCCNC(=NCC1CCN(S(=O)(=O)c2ccccc2)CC1)NCC. The van der Waals surface area contributed by atoms with Crippen molar-refractivity contribution in [2.45, 2.75) is 50.8 Å². The molecule has 2 N–H and O–H groups in total. The van der Waals surface area contributed by atoms with Crippen molar-refractivity contribution in [2.75, 3.05) is 45.9 Å². The first-order valence-electron chi connectivity index (χ1n) is 11.2. The molecule has 0 bridgehead atoms. The maximum Gasteiger partial charge on any atom is 0.243 e. The summed E-state index contributed by atoms with van der Waals surface area (Å²) >= 11 is 0. The van der Waals surface area contributed by atoms with E-state index in [1.165, 1.54) is 0 Å². The standard InChI is InChI=1S/C22H38N4O3S/c1-3-5-17-29-18-9-14-24-22(23-4-2)25-19-20-12-15-26(16-13-20)30(27,28)21-10-7-6-8-11-21/h6-8,10-11,20H,3-5,9,12-19H2,1-2H3,(H2,23,24,25). The van der Waals surface area contributed by atoms with Crippen molar-refractivity contribution in [3.63, 3.8) is 0 Å². The zero-order valence-electron chi connectivity index (χ0n) is 18.5. The molecule has 1 aliphatic rings. The predicted molar refractivity (Wildman–Crippen MR) is 122 cm³/mol. The van der Waals surface area contributed by atoms with Crippen molar-refractivity contribution in [3.8, 4) is 0 Å². The van der Waals surface area contributed by atoms with Gasteiger partial charge in [-0.3, -0.25) is 4.99 Å². The van der Waals surface area contributed by atoms with Gasteiger partial charge in [-0.2, -0.15) is 4.31 Å². The Labute approximate surface area is 182 Å². The Balaban J connectivity index is 1.74. The zero-order valence-corrected chi connectivity index (χ0v) is 19.3. The molecular weight excluding hydrogens is 400 g/mol. The quantitative estimate of drug-likeness (QED) is 0.298. The Hall–Kier alpha value is -1.64. The van der Waals surface area contributed by atoms with E-state index in [1.807, 2.05) is 6.07 Å². The highest BCUT2D eigenvalue weighted by Crippen LogP contribution is 2.23. The molecule has 0 radical (unpaired) electrons. The van der Waals surface area contributed by atoms with E-state index >= 15 is 0 Å². The van der Waals surface area contributed by atoms with Crippen molar-refractivity contribution < 1.29 is 13.2 Å². The summed E-state index contributed by atoms with van der Waals surface area (Å²) < 4.78 is 32.7. The summed E-state index contributed by atoms with van der Waals surface area (Å²) in [6.45, 7) is 9.27. The highest BCUT2D eigenvalue weighted by atomic mass is 32.2. The van der Waals surface area contributed by atoms with Gasteiger partial charge in [-0.15, -0.1) is 0 Å². The summed E-state index contributed by atoms with van der Waals surface area (Å²) in [5.41, 5.74) is 0. The van der Waals surface area contributed by atoms with Crippen LogP contribution in [0.25, 0.3) is 0 Å². The fourth-order valence-corrected chi connectivity index (χ4v) is 4.86. The van der Waals surface area contributed by atoms with Crippen LogP contribution in [0.15, 0.2) is 40.2 Å². The van der Waals surface area contributed by atoms with E-state index in [1.54, 1.807) is 28.6 Å². The molecule has 8 heteroatoms. The first-order valence-corrected chi connectivity index (χ1v) is 12.7. The van der Waals surface area contributed by atoms with Crippen LogP contribution in [-0.4, -0.2) is 64.6 Å². The molecule has 1 fully saturated rings. The van der Waals surface area contributed by atoms with Gasteiger partial charge in [0, 0.05) is 45.9 Å². The summed E-state index contributed by atoms with van der Waals surface area (Å²) in [7, 11) is -3.39. The number of hydrogen-bond donors (Lipinski definition) is 2. The predicted octanol–water partition coefficient (Wildman–Crippen LogP) is 2.85. The van der Waals surface area contributed by atoms with E-state index in [0.717, 1.165) is 64.4 Å². The second-order valence-corrected chi connectivity index (χ2v) is 9.56. The topological polar surface area (TPSA) is 83.0 Å². The molecule has 0 atom stereocenters. The minimum atomic E-state index is -3.39. The second kappa shape index (κ2) is 13.6. The van der Waals surface area contributed by atoms with Gasteiger partial charge in [0.1, 0.15) is 0 Å². The average molecular weight is 439 g/mol. The number of nitrogens with zero attached hydrogens (tertiary/aromatic N) is 2. The molecule has 0 unspecified atom stereocenters. The van der Waals surface area contributed by atoms with Crippen molar-refractivity contribution in [1.29, 1.82) is 0 Å². The summed E-state index contributed by atoms with van der Waals surface area (Å²) in [5, 5.41) is 6.64. The molecule has 0 saturated carbocycles. The molecule has 1 saturated heterocycles. The van der Waals surface area contributed by atoms with Gasteiger partial charge in [0.2, 0.25) is 10.0 Å². The first-order chi connectivity index (χ1) is 14.6. The third-order valence-electron chi connectivity index (χ3n) is 5.21. The lowest BCUT2D eigenvalue weighted by molar-refractivity contribution is 0.129. The number of unbranched alkanes of at least 4 members (excludes halogenated alkanes) is 1. The smallest absolute Gasteiger partial charge is 0.243 e. The van der Waals surface area contributed by atoms with Gasteiger partial charge >= 0.3 is 0 Å². The molecular formula is C22H38N4O3S. The van der Waals surface area contributed by atoms with Crippen LogP contribution in [0, 0.1) is 5.92 Å². The van der Waals surface area contributed by atoms with Crippen LogP contribution in [0.2, 0.25) is 0 Å². The number of hydrogen-bond acceptors (Lipinski definition) is 4.